The van der Waals surface area contributed by atoms with E-state index in [2.05, 4.69) is 10.3 Å². The molecule has 0 radical (unpaired) electrons. The van der Waals surface area contributed by atoms with Crippen LogP contribution >= 0.6 is 0 Å². The van der Waals surface area contributed by atoms with E-state index in [1.807, 2.05) is 0 Å². The summed E-state index contributed by atoms with van der Waals surface area (Å²) in [4.78, 5) is 27.5. The lowest BCUT2D eigenvalue weighted by molar-refractivity contribution is 0.101. The van der Waals surface area contributed by atoms with E-state index in [1.165, 1.54) is 20.2 Å². The van der Waals surface area contributed by atoms with Crippen molar-refractivity contribution >= 4 is 17.4 Å². The molecule has 20 heavy (non-hydrogen) atoms. The van der Waals surface area contributed by atoms with Crippen LogP contribution < -0.4 is 10.1 Å². The van der Waals surface area contributed by atoms with Crippen LogP contribution in [0.5, 0.6) is 5.88 Å². The van der Waals surface area contributed by atoms with Gasteiger partial charge >= 0.3 is 0 Å². The third-order valence-corrected chi connectivity index (χ3v) is 2.76. The maximum absolute atomic E-state index is 12.1. The van der Waals surface area contributed by atoms with Gasteiger partial charge in [-0.15, -0.1) is 0 Å². The second-order valence-electron chi connectivity index (χ2n) is 4.15. The van der Waals surface area contributed by atoms with Gasteiger partial charge in [-0.05, 0) is 25.1 Å². The van der Waals surface area contributed by atoms with E-state index in [4.69, 9.17) is 4.74 Å². The molecule has 2 aromatic rings. The molecule has 0 saturated carbocycles. The Morgan fingerprint density at radius 2 is 1.90 bits per heavy atom. The largest absolute Gasteiger partial charge is 0.481 e. The Bertz CT molecular complexity index is 636. The van der Waals surface area contributed by atoms with Gasteiger partial charge in [-0.25, -0.2) is 4.98 Å². The van der Waals surface area contributed by atoms with E-state index in [0.717, 1.165) is 0 Å². The Labute approximate surface area is 116 Å². The molecule has 2 rings (SSSR count). The number of rotatable bonds is 4. The van der Waals surface area contributed by atoms with Crippen molar-refractivity contribution in [2.24, 2.45) is 0 Å². The minimum absolute atomic E-state index is 0.103. The van der Waals surface area contributed by atoms with Crippen LogP contribution in [-0.4, -0.2) is 23.8 Å². The molecular formula is C15H14N2O3. The predicted octanol–water partition coefficient (Wildman–Crippen LogP) is 2.55. The van der Waals surface area contributed by atoms with Gasteiger partial charge in [-0.2, -0.15) is 0 Å². The number of amides is 1. The summed E-state index contributed by atoms with van der Waals surface area (Å²) in [7, 11) is 1.51. The number of ketones is 1. The molecule has 0 spiro atoms. The van der Waals surface area contributed by atoms with Gasteiger partial charge in [-0.3, -0.25) is 9.59 Å². The lowest BCUT2D eigenvalue weighted by atomic mass is 10.1. The summed E-state index contributed by atoms with van der Waals surface area (Å²) in [6.45, 7) is 1.46. The molecule has 1 heterocycles. The Morgan fingerprint density at radius 3 is 2.50 bits per heavy atom. The quantitative estimate of drug-likeness (QED) is 0.867. The predicted molar refractivity (Wildman–Crippen MR) is 75.2 cm³/mol. The summed E-state index contributed by atoms with van der Waals surface area (Å²) in [5, 5.41) is 2.71. The highest BCUT2D eigenvalue weighted by atomic mass is 16.5. The van der Waals surface area contributed by atoms with Crippen molar-refractivity contribution in [2.45, 2.75) is 6.92 Å². The van der Waals surface area contributed by atoms with Crippen molar-refractivity contribution in [3.63, 3.8) is 0 Å². The number of pyridine rings is 1. The second-order valence-corrected chi connectivity index (χ2v) is 4.15. The van der Waals surface area contributed by atoms with Crippen LogP contribution in [-0.2, 0) is 0 Å². The standard InChI is InChI=1S/C15H14N2O3/c1-10(18)12-5-3-4-6-13(12)17-15(19)11-7-8-14(20-2)16-9-11/h3-9H,1-2H3,(H,17,19). The highest BCUT2D eigenvalue weighted by Gasteiger charge is 2.11. The number of carbonyl (C=O) groups excluding carboxylic acids is 2. The van der Waals surface area contributed by atoms with Crippen molar-refractivity contribution in [3.8, 4) is 5.88 Å². The zero-order valence-electron chi connectivity index (χ0n) is 11.2. The van der Waals surface area contributed by atoms with Crippen LogP contribution in [0.4, 0.5) is 5.69 Å². The average molecular weight is 270 g/mol. The Morgan fingerprint density at radius 1 is 1.15 bits per heavy atom. The van der Waals surface area contributed by atoms with Crippen molar-refractivity contribution in [1.82, 2.24) is 4.98 Å². The van der Waals surface area contributed by atoms with Crippen molar-refractivity contribution in [3.05, 3.63) is 53.7 Å². The van der Waals surface area contributed by atoms with Crippen LogP contribution in [0.2, 0.25) is 0 Å². The van der Waals surface area contributed by atoms with Crippen LogP contribution in [0.1, 0.15) is 27.6 Å². The molecule has 0 bridgehead atoms. The molecule has 1 N–H and O–H groups in total. The number of Topliss-reactive ketones (excluding diaryl/α,β-unsaturated/α-hetero) is 1. The Balaban J connectivity index is 2.21. The van der Waals surface area contributed by atoms with Crippen molar-refractivity contribution in [2.75, 3.05) is 12.4 Å². The fraction of sp³-hybridized carbons (Fsp3) is 0.133. The molecule has 1 aromatic carbocycles. The molecule has 0 fully saturated rings. The van der Waals surface area contributed by atoms with Crippen molar-refractivity contribution < 1.29 is 14.3 Å². The number of anilines is 1. The molecule has 5 nitrogen and oxygen atoms in total. The number of hydrogen-bond donors (Lipinski definition) is 1. The first-order chi connectivity index (χ1) is 9.61. The lowest BCUT2D eigenvalue weighted by Gasteiger charge is -2.09. The maximum atomic E-state index is 12.1. The molecule has 0 unspecified atom stereocenters. The Hall–Kier alpha value is -2.69. The zero-order chi connectivity index (χ0) is 14.5. The molecule has 0 atom stereocenters. The van der Waals surface area contributed by atoms with E-state index in [1.54, 1.807) is 36.4 Å². The van der Waals surface area contributed by atoms with Gasteiger partial charge in [0, 0.05) is 17.8 Å². The van der Waals surface area contributed by atoms with Gasteiger partial charge < -0.3 is 10.1 Å². The van der Waals surface area contributed by atoms with Gasteiger partial charge in [-0.1, -0.05) is 12.1 Å². The van der Waals surface area contributed by atoms with E-state index >= 15 is 0 Å². The molecule has 0 aliphatic carbocycles. The van der Waals surface area contributed by atoms with Crippen LogP contribution in [0, 0.1) is 0 Å². The molecule has 0 aliphatic heterocycles. The first-order valence-electron chi connectivity index (χ1n) is 6.03. The minimum Gasteiger partial charge on any atom is -0.481 e. The average Bonchev–Trinajstić information content (AvgIpc) is 2.47. The summed E-state index contributed by atoms with van der Waals surface area (Å²) in [5.74, 6) is 0.00768. The Kier molecular flexibility index (Phi) is 4.10. The first-order valence-corrected chi connectivity index (χ1v) is 6.03. The van der Waals surface area contributed by atoms with Gasteiger partial charge in [0.15, 0.2) is 5.78 Å². The summed E-state index contributed by atoms with van der Waals surface area (Å²) in [5.41, 5.74) is 1.35. The molecule has 5 heteroatoms. The number of hydrogen-bond acceptors (Lipinski definition) is 4. The number of methoxy groups -OCH3 is 1. The summed E-state index contributed by atoms with van der Waals surface area (Å²) >= 11 is 0. The van der Waals surface area contributed by atoms with Crippen LogP contribution in [0.15, 0.2) is 42.6 Å². The summed E-state index contributed by atoms with van der Waals surface area (Å²) in [6.07, 6.45) is 1.42. The minimum atomic E-state index is -0.325. The topological polar surface area (TPSA) is 68.3 Å². The van der Waals surface area contributed by atoms with Gasteiger partial charge in [0.2, 0.25) is 5.88 Å². The number of para-hydroxylation sites is 1. The number of nitrogens with one attached hydrogen (secondary N) is 1. The molecule has 1 aromatic heterocycles. The number of benzene rings is 1. The zero-order valence-corrected chi connectivity index (χ0v) is 11.2. The highest BCUT2D eigenvalue weighted by Crippen LogP contribution is 2.17. The van der Waals surface area contributed by atoms with Gasteiger partial charge in [0.25, 0.3) is 5.91 Å². The van der Waals surface area contributed by atoms with E-state index < -0.39 is 0 Å². The second kappa shape index (κ2) is 5.97. The van der Waals surface area contributed by atoms with Crippen molar-refractivity contribution in [1.29, 1.82) is 0 Å². The highest BCUT2D eigenvalue weighted by molar-refractivity contribution is 6.08. The summed E-state index contributed by atoms with van der Waals surface area (Å²) < 4.78 is 4.93. The number of ether oxygens (including phenoxy) is 1. The third-order valence-electron chi connectivity index (χ3n) is 2.76. The molecule has 0 aliphatic rings. The van der Waals surface area contributed by atoms with E-state index in [0.29, 0.717) is 22.7 Å². The maximum Gasteiger partial charge on any atom is 0.257 e. The fourth-order valence-electron chi connectivity index (χ4n) is 1.73. The summed E-state index contributed by atoms with van der Waals surface area (Å²) in [6, 6.07) is 10.1. The third kappa shape index (κ3) is 3.00. The smallest absolute Gasteiger partial charge is 0.257 e. The van der Waals surface area contributed by atoms with Crippen LogP contribution in [0.25, 0.3) is 0 Å². The number of nitrogens with zero attached hydrogens (tertiary/aromatic N) is 1. The fourth-order valence-corrected chi connectivity index (χ4v) is 1.73. The SMILES string of the molecule is COc1ccc(C(=O)Nc2ccccc2C(C)=O)cn1. The molecule has 0 saturated heterocycles. The molecule has 1 amide bonds. The monoisotopic (exact) mass is 270 g/mol. The van der Waals surface area contributed by atoms with Gasteiger partial charge in [0.1, 0.15) is 0 Å². The van der Waals surface area contributed by atoms with E-state index in [9.17, 15) is 9.59 Å². The van der Waals surface area contributed by atoms with Crippen LogP contribution in [0.3, 0.4) is 0 Å². The first kappa shape index (κ1) is 13.7. The lowest BCUT2D eigenvalue weighted by Crippen LogP contribution is -2.14. The van der Waals surface area contributed by atoms with E-state index in [-0.39, 0.29) is 11.7 Å². The molecule has 102 valence electrons. The normalized spacial score (nSPS) is 9.90. The molecular weight excluding hydrogens is 256 g/mol. The number of carbonyl (C=O) groups is 2. The van der Waals surface area contributed by atoms with Gasteiger partial charge in [0.05, 0.1) is 18.4 Å². The number of aromatic nitrogens is 1.